The molecule has 0 aliphatic heterocycles. The minimum atomic E-state index is -4.66. The van der Waals surface area contributed by atoms with E-state index in [9.17, 15) is 13.2 Å². The molecule has 20 heavy (non-hydrogen) atoms. The minimum Gasteiger partial charge on any atom is -0.369 e. The van der Waals surface area contributed by atoms with E-state index in [0.29, 0.717) is 12.3 Å². The van der Waals surface area contributed by atoms with Crippen LogP contribution in [0.4, 0.5) is 24.8 Å². The van der Waals surface area contributed by atoms with Gasteiger partial charge in [-0.3, -0.25) is 0 Å². The van der Waals surface area contributed by atoms with E-state index in [-0.39, 0.29) is 18.2 Å². The topological polar surface area (TPSA) is 115 Å². The Balaban J connectivity index is 2.06. The molecule has 0 saturated carbocycles. The van der Waals surface area contributed by atoms with Crippen LogP contribution in [-0.4, -0.2) is 26.7 Å². The summed E-state index contributed by atoms with van der Waals surface area (Å²) < 4.78 is 42.5. The number of hydrazine groups is 1. The second-order valence-electron chi connectivity index (χ2n) is 3.62. The highest BCUT2D eigenvalue weighted by molar-refractivity contribution is 5.47. The van der Waals surface area contributed by atoms with Crippen LogP contribution >= 0.6 is 0 Å². The summed E-state index contributed by atoms with van der Waals surface area (Å²) in [5.41, 5.74) is 2.05. The van der Waals surface area contributed by atoms with Crippen LogP contribution in [0, 0.1) is 0 Å². The molecule has 0 fully saturated rings. The first-order valence-electron chi connectivity index (χ1n) is 5.41. The van der Waals surface area contributed by atoms with Gasteiger partial charge in [0.1, 0.15) is 11.6 Å². The highest BCUT2D eigenvalue weighted by Gasteiger charge is 2.35. The molecule has 0 unspecified atom stereocenters. The zero-order chi connectivity index (χ0) is 14.6. The first-order chi connectivity index (χ1) is 9.49. The number of alkyl halides is 3. The Morgan fingerprint density at radius 1 is 1.25 bits per heavy atom. The maximum absolute atomic E-state index is 12.6. The molecular formula is C9H10F3N7O. The van der Waals surface area contributed by atoms with Crippen LogP contribution in [0.25, 0.3) is 0 Å². The summed E-state index contributed by atoms with van der Waals surface area (Å²) in [4.78, 5) is 10.4. The molecule has 2 aromatic heterocycles. The first-order valence-corrected chi connectivity index (χ1v) is 5.41. The average molecular weight is 289 g/mol. The summed E-state index contributed by atoms with van der Waals surface area (Å²) >= 11 is 0. The van der Waals surface area contributed by atoms with E-state index < -0.39 is 12.0 Å². The largest absolute Gasteiger partial charge is 0.451 e. The van der Waals surface area contributed by atoms with Crippen LogP contribution in [0.2, 0.25) is 0 Å². The smallest absolute Gasteiger partial charge is 0.369 e. The number of nitrogens with zero attached hydrogens (tertiary/aromatic N) is 4. The molecule has 0 spiro atoms. The highest BCUT2D eigenvalue weighted by Crippen LogP contribution is 2.28. The summed E-state index contributed by atoms with van der Waals surface area (Å²) in [5, 5.41) is 6.10. The van der Waals surface area contributed by atoms with Crippen molar-refractivity contribution in [3.63, 3.8) is 0 Å². The van der Waals surface area contributed by atoms with E-state index in [2.05, 4.69) is 30.9 Å². The third-order valence-electron chi connectivity index (χ3n) is 2.18. The normalized spacial score (nSPS) is 11.4. The number of nitrogens with two attached hydrogens (primary N) is 1. The zero-order valence-corrected chi connectivity index (χ0v) is 9.98. The minimum absolute atomic E-state index is 0.0141. The van der Waals surface area contributed by atoms with Gasteiger partial charge in [0, 0.05) is 19.0 Å². The van der Waals surface area contributed by atoms with Gasteiger partial charge in [0.15, 0.2) is 6.33 Å². The lowest BCUT2D eigenvalue weighted by Gasteiger charge is -2.10. The Kier molecular flexibility index (Phi) is 3.98. The Bertz CT molecular complexity index is 557. The molecule has 0 aliphatic carbocycles. The van der Waals surface area contributed by atoms with Gasteiger partial charge in [-0.05, 0) is 0 Å². The van der Waals surface area contributed by atoms with Gasteiger partial charge in [-0.2, -0.15) is 18.2 Å². The second kappa shape index (κ2) is 5.69. The molecule has 2 aromatic rings. The quantitative estimate of drug-likeness (QED) is 0.547. The number of nitrogens with one attached hydrogen (secondary N) is 2. The second-order valence-corrected chi connectivity index (χ2v) is 3.62. The predicted molar refractivity (Wildman–Crippen MR) is 61.3 cm³/mol. The van der Waals surface area contributed by atoms with Gasteiger partial charge in [0.05, 0.1) is 0 Å². The standard InChI is InChI=1S/C9H10F3N7O/c10-9(11,12)8-17-5(3-6(18-8)19-13)14-2-1-7-15-4-16-20-7/h3-4H,1-2,13H2,(H2,14,17,18,19). The summed E-state index contributed by atoms with van der Waals surface area (Å²) in [6.07, 6.45) is -3.08. The lowest BCUT2D eigenvalue weighted by atomic mass is 10.4. The van der Waals surface area contributed by atoms with Crippen LogP contribution < -0.4 is 16.6 Å². The average Bonchev–Trinajstić information content (AvgIpc) is 2.90. The molecule has 0 atom stereocenters. The van der Waals surface area contributed by atoms with E-state index in [0.717, 1.165) is 0 Å². The maximum Gasteiger partial charge on any atom is 0.451 e. The van der Waals surface area contributed by atoms with E-state index in [1.165, 1.54) is 12.4 Å². The molecule has 11 heteroatoms. The van der Waals surface area contributed by atoms with Crippen molar-refractivity contribution in [2.75, 3.05) is 17.3 Å². The van der Waals surface area contributed by atoms with Gasteiger partial charge >= 0.3 is 6.18 Å². The van der Waals surface area contributed by atoms with Gasteiger partial charge in [0.2, 0.25) is 11.7 Å². The van der Waals surface area contributed by atoms with Crippen molar-refractivity contribution in [2.24, 2.45) is 5.84 Å². The van der Waals surface area contributed by atoms with E-state index >= 15 is 0 Å². The lowest BCUT2D eigenvalue weighted by molar-refractivity contribution is -0.144. The molecule has 2 rings (SSSR count). The summed E-state index contributed by atoms with van der Waals surface area (Å²) in [6, 6.07) is 1.25. The number of hydrogen-bond donors (Lipinski definition) is 3. The zero-order valence-electron chi connectivity index (χ0n) is 9.98. The molecule has 4 N–H and O–H groups in total. The highest BCUT2D eigenvalue weighted by atomic mass is 19.4. The van der Waals surface area contributed by atoms with Crippen molar-refractivity contribution in [3.8, 4) is 0 Å². The van der Waals surface area contributed by atoms with Crippen molar-refractivity contribution in [1.82, 2.24) is 20.1 Å². The van der Waals surface area contributed by atoms with Crippen molar-refractivity contribution in [2.45, 2.75) is 12.6 Å². The molecule has 0 bridgehead atoms. The van der Waals surface area contributed by atoms with Crippen LogP contribution in [0.15, 0.2) is 16.9 Å². The van der Waals surface area contributed by atoms with Crippen molar-refractivity contribution >= 4 is 11.6 Å². The Morgan fingerprint density at radius 2 is 2.00 bits per heavy atom. The third-order valence-corrected chi connectivity index (χ3v) is 2.18. The SMILES string of the molecule is NNc1cc(NCCc2ncno2)nc(C(F)(F)F)n1. The van der Waals surface area contributed by atoms with E-state index in [1.54, 1.807) is 0 Å². The molecule has 108 valence electrons. The number of halogens is 3. The van der Waals surface area contributed by atoms with Crippen molar-refractivity contribution in [3.05, 3.63) is 24.1 Å². The molecular weight excluding hydrogens is 279 g/mol. The molecule has 0 saturated heterocycles. The number of rotatable bonds is 5. The summed E-state index contributed by atoms with van der Waals surface area (Å²) in [5.74, 6) is 3.99. The fourth-order valence-electron chi connectivity index (χ4n) is 1.34. The van der Waals surface area contributed by atoms with Crippen LogP contribution in [-0.2, 0) is 12.6 Å². The van der Waals surface area contributed by atoms with Gasteiger partial charge in [-0.15, -0.1) is 0 Å². The number of hydrogen-bond acceptors (Lipinski definition) is 8. The van der Waals surface area contributed by atoms with E-state index in [4.69, 9.17) is 10.4 Å². The van der Waals surface area contributed by atoms with Gasteiger partial charge in [-0.25, -0.2) is 15.8 Å². The van der Waals surface area contributed by atoms with Crippen LogP contribution in [0.5, 0.6) is 0 Å². The number of nitrogen functional groups attached to an aromatic ring is 1. The summed E-state index contributed by atoms with van der Waals surface area (Å²) in [6.45, 7) is 0.264. The fraction of sp³-hybridized carbons (Fsp3) is 0.333. The Labute approximate surface area is 110 Å². The lowest BCUT2D eigenvalue weighted by Crippen LogP contribution is -2.17. The van der Waals surface area contributed by atoms with Gasteiger partial charge in [-0.1, -0.05) is 5.16 Å². The molecule has 0 aliphatic rings. The molecule has 0 radical (unpaired) electrons. The van der Waals surface area contributed by atoms with Crippen molar-refractivity contribution < 1.29 is 17.7 Å². The number of anilines is 2. The Morgan fingerprint density at radius 3 is 2.60 bits per heavy atom. The van der Waals surface area contributed by atoms with Gasteiger partial charge < -0.3 is 15.3 Å². The Hall–Kier alpha value is -2.43. The molecule has 0 aromatic carbocycles. The predicted octanol–water partition coefficient (Wildman–Crippen LogP) is 0.819. The van der Waals surface area contributed by atoms with Crippen LogP contribution in [0.1, 0.15) is 11.7 Å². The molecule has 0 amide bonds. The fourth-order valence-corrected chi connectivity index (χ4v) is 1.34. The molecule has 8 nitrogen and oxygen atoms in total. The number of aromatic nitrogens is 4. The third kappa shape index (κ3) is 3.54. The van der Waals surface area contributed by atoms with E-state index in [1.807, 2.05) is 0 Å². The molecule has 2 heterocycles. The first kappa shape index (κ1) is 14.0. The van der Waals surface area contributed by atoms with Crippen LogP contribution in [0.3, 0.4) is 0 Å². The monoisotopic (exact) mass is 289 g/mol. The van der Waals surface area contributed by atoms with Crippen molar-refractivity contribution in [1.29, 1.82) is 0 Å². The summed E-state index contributed by atoms with van der Waals surface area (Å²) in [7, 11) is 0. The van der Waals surface area contributed by atoms with Gasteiger partial charge in [0.25, 0.3) is 0 Å². The maximum atomic E-state index is 12.6.